The van der Waals surface area contributed by atoms with Crippen molar-refractivity contribution in [3.8, 4) is 0 Å². The molecule has 0 aromatic heterocycles. The van der Waals surface area contributed by atoms with Crippen LogP contribution in [-0.2, 0) is 4.43 Å². The van der Waals surface area contributed by atoms with Crippen LogP contribution in [0.5, 0.6) is 0 Å². The first kappa shape index (κ1) is 6.08. The quantitative estimate of drug-likeness (QED) is 0.502. The first-order chi connectivity index (χ1) is 3.93. The van der Waals surface area contributed by atoms with Gasteiger partial charge in [0, 0.05) is 4.43 Å². The first-order valence-electron chi connectivity index (χ1n) is 2.53. The predicted octanol–water partition coefficient (Wildman–Crippen LogP) is 2.62. The van der Waals surface area contributed by atoms with Gasteiger partial charge in [-0.05, 0) is 5.56 Å². The summed E-state index contributed by atoms with van der Waals surface area (Å²) in [5.74, 6) is 0. The second-order valence-electron chi connectivity index (χ2n) is 1.62. The first-order valence-corrected chi connectivity index (χ1v) is 4.06. The molecule has 0 fully saturated rings. The maximum Gasteiger partial charge on any atom is 0.0247 e. The van der Waals surface area contributed by atoms with Gasteiger partial charge in [0.1, 0.15) is 0 Å². The fourth-order valence-electron chi connectivity index (χ4n) is 0.567. The van der Waals surface area contributed by atoms with Crippen LogP contribution in [0.15, 0.2) is 30.3 Å². The van der Waals surface area contributed by atoms with Gasteiger partial charge in [0.15, 0.2) is 0 Å². The summed E-state index contributed by atoms with van der Waals surface area (Å²) in [5, 5.41) is 0. The van der Waals surface area contributed by atoms with Crippen LogP contribution in [0.3, 0.4) is 0 Å². The van der Waals surface area contributed by atoms with E-state index >= 15 is 0 Å². The van der Waals surface area contributed by atoms with Gasteiger partial charge in [-0.15, -0.1) is 0 Å². The molecule has 8 heavy (non-hydrogen) atoms. The Morgan fingerprint density at radius 3 is 2.12 bits per heavy atom. The van der Waals surface area contributed by atoms with Crippen molar-refractivity contribution in [2.24, 2.45) is 0 Å². The molecule has 0 aliphatic rings. The normalized spacial score (nSPS) is 9.12. The van der Waals surface area contributed by atoms with Crippen LogP contribution >= 0.6 is 22.6 Å². The molecule has 0 aliphatic heterocycles. The summed E-state index contributed by atoms with van der Waals surface area (Å²) < 4.78 is 1.11. The molecule has 0 unspecified atom stereocenters. The maximum absolute atomic E-state index is 2.35. The van der Waals surface area contributed by atoms with Crippen molar-refractivity contribution in [3.63, 3.8) is 0 Å². The number of hydrogen-bond acceptors (Lipinski definition) is 0. The van der Waals surface area contributed by atoms with Crippen LogP contribution in [0, 0.1) is 0 Å². The molecule has 0 spiro atoms. The molecule has 0 bridgehead atoms. The minimum Gasteiger partial charge on any atom is -0.0812 e. The van der Waals surface area contributed by atoms with Crippen molar-refractivity contribution in [2.75, 3.05) is 0 Å². The lowest BCUT2D eigenvalue weighted by Crippen LogP contribution is -1.70. The van der Waals surface area contributed by atoms with Gasteiger partial charge >= 0.3 is 0 Å². The molecule has 1 aromatic rings. The molecule has 0 N–H and O–H groups in total. The third-order valence-corrected chi connectivity index (χ3v) is 1.88. The average molecular weight is 218 g/mol. The molecule has 0 saturated heterocycles. The highest BCUT2D eigenvalue weighted by Crippen LogP contribution is 2.02. The fourth-order valence-corrected chi connectivity index (χ4v) is 1.08. The van der Waals surface area contributed by atoms with Gasteiger partial charge in [0.05, 0.1) is 0 Å². The molecule has 0 heterocycles. The largest absolute Gasteiger partial charge is 0.0812 e. The van der Waals surface area contributed by atoms with E-state index in [1.807, 2.05) is 6.07 Å². The van der Waals surface area contributed by atoms with Gasteiger partial charge < -0.3 is 0 Å². The molecule has 0 radical (unpaired) electrons. The Morgan fingerprint density at radius 1 is 1.12 bits per heavy atom. The van der Waals surface area contributed by atoms with Crippen LogP contribution in [0.25, 0.3) is 0 Å². The highest BCUT2D eigenvalue weighted by molar-refractivity contribution is 14.1. The van der Waals surface area contributed by atoms with Crippen LogP contribution < -0.4 is 0 Å². The van der Waals surface area contributed by atoms with Crippen molar-refractivity contribution < 1.29 is 0 Å². The zero-order valence-corrected chi connectivity index (χ0v) is 6.63. The molecular formula is C7H7I. The SMILES string of the molecule is ICc1ccccc1. The summed E-state index contributed by atoms with van der Waals surface area (Å²) >= 11 is 2.35. The van der Waals surface area contributed by atoms with Gasteiger partial charge in [-0.2, -0.15) is 0 Å². The second kappa shape index (κ2) is 3.07. The summed E-state index contributed by atoms with van der Waals surface area (Å²) in [6.45, 7) is 0. The van der Waals surface area contributed by atoms with Crippen LogP contribution in [-0.4, -0.2) is 0 Å². The Kier molecular flexibility index (Phi) is 2.33. The monoisotopic (exact) mass is 218 g/mol. The van der Waals surface area contributed by atoms with E-state index in [9.17, 15) is 0 Å². The lowest BCUT2D eigenvalue weighted by atomic mass is 10.2. The average Bonchev–Trinajstić information content (AvgIpc) is 1.90. The van der Waals surface area contributed by atoms with E-state index in [1.165, 1.54) is 5.56 Å². The minimum absolute atomic E-state index is 1.11. The van der Waals surface area contributed by atoms with E-state index < -0.39 is 0 Å². The van der Waals surface area contributed by atoms with Crippen LogP contribution in [0.4, 0.5) is 0 Å². The summed E-state index contributed by atoms with van der Waals surface area (Å²) in [6.07, 6.45) is 0. The van der Waals surface area contributed by atoms with E-state index in [0.29, 0.717) is 0 Å². The van der Waals surface area contributed by atoms with Crippen molar-refractivity contribution in [3.05, 3.63) is 35.9 Å². The highest BCUT2D eigenvalue weighted by Gasteiger charge is 1.81. The van der Waals surface area contributed by atoms with Crippen molar-refractivity contribution in [2.45, 2.75) is 4.43 Å². The molecule has 0 saturated carbocycles. The predicted molar refractivity (Wildman–Crippen MR) is 44.2 cm³/mol. The van der Waals surface area contributed by atoms with Gasteiger partial charge in [-0.25, -0.2) is 0 Å². The van der Waals surface area contributed by atoms with Crippen LogP contribution in [0.1, 0.15) is 5.56 Å². The molecule has 0 atom stereocenters. The van der Waals surface area contributed by atoms with Gasteiger partial charge in [0.25, 0.3) is 0 Å². The molecule has 42 valence electrons. The Morgan fingerprint density at radius 2 is 1.75 bits per heavy atom. The summed E-state index contributed by atoms with van der Waals surface area (Å²) in [6, 6.07) is 10.4. The topological polar surface area (TPSA) is 0 Å². The van der Waals surface area contributed by atoms with E-state index in [1.54, 1.807) is 0 Å². The highest BCUT2D eigenvalue weighted by atomic mass is 127. The molecule has 0 aliphatic carbocycles. The smallest absolute Gasteiger partial charge is 0.0247 e. The Hall–Kier alpha value is -0.0500. The zero-order valence-electron chi connectivity index (χ0n) is 4.47. The number of halogens is 1. The zero-order chi connectivity index (χ0) is 5.82. The standard InChI is InChI=1S/C7H7I/c8-6-7-4-2-1-3-5-7/h1-5H,6H2. The fraction of sp³-hybridized carbons (Fsp3) is 0.143. The number of rotatable bonds is 1. The van der Waals surface area contributed by atoms with Gasteiger partial charge in [-0.3, -0.25) is 0 Å². The van der Waals surface area contributed by atoms with E-state index in [2.05, 4.69) is 46.9 Å². The number of benzene rings is 1. The third kappa shape index (κ3) is 1.47. The van der Waals surface area contributed by atoms with Crippen molar-refractivity contribution >= 4 is 22.6 Å². The third-order valence-electron chi connectivity index (χ3n) is 0.997. The number of hydrogen-bond donors (Lipinski definition) is 0. The lowest BCUT2D eigenvalue weighted by Gasteiger charge is -1.88. The Labute approximate surface area is 63.1 Å². The summed E-state index contributed by atoms with van der Waals surface area (Å²) in [4.78, 5) is 0. The molecule has 0 nitrogen and oxygen atoms in total. The van der Waals surface area contributed by atoms with E-state index in [-0.39, 0.29) is 0 Å². The van der Waals surface area contributed by atoms with Crippen molar-refractivity contribution in [1.82, 2.24) is 0 Å². The van der Waals surface area contributed by atoms with Gasteiger partial charge in [0.2, 0.25) is 0 Å². The van der Waals surface area contributed by atoms with Crippen molar-refractivity contribution in [1.29, 1.82) is 0 Å². The molecule has 1 heteroatoms. The second-order valence-corrected chi connectivity index (χ2v) is 2.38. The summed E-state index contributed by atoms with van der Waals surface area (Å²) in [5.41, 5.74) is 1.40. The lowest BCUT2D eigenvalue weighted by molar-refractivity contribution is 1.46. The number of alkyl halides is 1. The molecule has 0 amide bonds. The van der Waals surface area contributed by atoms with Gasteiger partial charge in [-0.1, -0.05) is 52.9 Å². The Balaban J connectivity index is 2.83. The van der Waals surface area contributed by atoms with Crippen LogP contribution in [0.2, 0.25) is 0 Å². The Bertz CT molecular complexity index is 146. The maximum atomic E-state index is 2.35. The summed E-state index contributed by atoms with van der Waals surface area (Å²) in [7, 11) is 0. The minimum atomic E-state index is 1.11. The molecule has 1 aromatic carbocycles. The van der Waals surface area contributed by atoms with E-state index in [4.69, 9.17) is 0 Å². The molecule has 1 rings (SSSR count). The molecular weight excluding hydrogens is 211 g/mol. The van der Waals surface area contributed by atoms with E-state index in [0.717, 1.165) is 4.43 Å².